The fraction of sp³-hybridized carbons (Fsp3) is 0.235. The maximum Gasteiger partial charge on any atom is 0.265 e. The van der Waals surface area contributed by atoms with E-state index < -0.39 is 6.10 Å². The number of hydrogen-bond acceptors (Lipinski definition) is 2. The van der Waals surface area contributed by atoms with Crippen LogP contribution in [-0.2, 0) is 4.79 Å². The Kier molecular flexibility index (Phi) is 5.33. The number of rotatable bonds is 4. The molecule has 1 atom stereocenters. The van der Waals surface area contributed by atoms with Crippen molar-refractivity contribution in [2.45, 2.75) is 26.9 Å². The lowest BCUT2D eigenvalue weighted by molar-refractivity contribution is -0.122. The Bertz CT molecular complexity index is 681. The first-order valence-corrected chi connectivity index (χ1v) is 7.63. The lowest BCUT2D eigenvalue weighted by atomic mass is 10.1. The smallest absolute Gasteiger partial charge is 0.265 e. The Morgan fingerprint density at radius 2 is 1.68 bits per heavy atom. The van der Waals surface area contributed by atoms with Crippen molar-refractivity contribution in [1.29, 1.82) is 0 Å². The van der Waals surface area contributed by atoms with Crippen LogP contribution in [0.15, 0.2) is 36.4 Å². The van der Waals surface area contributed by atoms with Crippen molar-refractivity contribution >= 4 is 34.8 Å². The molecule has 1 amide bonds. The second-order valence-electron chi connectivity index (χ2n) is 5.04. The van der Waals surface area contributed by atoms with Crippen LogP contribution in [-0.4, -0.2) is 12.0 Å². The molecule has 22 heavy (non-hydrogen) atoms. The van der Waals surface area contributed by atoms with Gasteiger partial charge in [0.2, 0.25) is 0 Å². The molecule has 2 aromatic carbocycles. The van der Waals surface area contributed by atoms with Crippen LogP contribution in [0.3, 0.4) is 0 Å². The third kappa shape index (κ3) is 3.73. The van der Waals surface area contributed by atoms with E-state index in [1.807, 2.05) is 32.0 Å². The van der Waals surface area contributed by atoms with Gasteiger partial charge in [-0.15, -0.1) is 0 Å². The molecule has 0 saturated heterocycles. The number of ether oxygens (including phenoxy) is 1. The van der Waals surface area contributed by atoms with Crippen LogP contribution in [0, 0.1) is 13.8 Å². The van der Waals surface area contributed by atoms with E-state index in [0.717, 1.165) is 11.1 Å². The molecule has 5 heteroatoms. The quantitative estimate of drug-likeness (QED) is 0.850. The van der Waals surface area contributed by atoms with Crippen LogP contribution in [0.4, 0.5) is 5.69 Å². The highest BCUT2D eigenvalue weighted by Gasteiger charge is 2.18. The van der Waals surface area contributed by atoms with Crippen molar-refractivity contribution in [2.24, 2.45) is 0 Å². The summed E-state index contributed by atoms with van der Waals surface area (Å²) in [5, 5.41) is 3.48. The summed E-state index contributed by atoms with van der Waals surface area (Å²) in [5.74, 6) is 0.379. The first-order valence-electron chi connectivity index (χ1n) is 6.88. The van der Waals surface area contributed by atoms with E-state index >= 15 is 0 Å². The molecular weight excluding hydrogens is 321 g/mol. The third-order valence-corrected chi connectivity index (χ3v) is 4.07. The van der Waals surface area contributed by atoms with E-state index in [9.17, 15) is 4.79 Å². The van der Waals surface area contributed by atoms with E-state index in [2.05, 4.69) is 5.32 Å². The minimum absolute atomic E-state index is 0.309. The van der Waals surface area contributed by atoms with Gasteiger partial charge in [0.05, 0.1) is 15.7 Å². The predicted octanol–water partition coefficient (Wildman–Crippen LogP) is 5.02. The van der Waals surface area contributed by atoms with Gasteiger partial charge in [-0.1, -0.05) is 41.4 Å². The van der Waals surface area contributed by atoms with Crippen molar-refractivity contribution in [2.75, 3.05) is 5.32 Å². The van der Waals surface area contributed by atoms with Gasteiger partial charge in [-0.25, -0.2) is 0 Å². The summed E-state index contributed by atoms with van der Waals surface area (Å²) < 4.78 is 5.74. The summed E-state index contributed by atoms with van der Waals surface area (Å²) in [6.07, 6.45) is -0.673. The zero-order chi connectivity index (χ0) is 16.3. The number of hydrogen-bond donors (Lipinski definition) is 1. The molecule has 0 aliphatic rings. The van der Waals surface area contributed by atoms with Gasteiger partial charge in [-0.05, 0) is 50.1 Å². The molecule has 0 bridgehead atoms. The maximum absolute atomic E-state index is 12.3. The normalized spacial score (nSPS) is 11.9. The van der Waals surface area contributed by atoms with Crippen LogP contribution < -0.4 is 10.1 Å². The predicted molar refractivity (Wildman–Crippen MR) is 91.1 cm³/mol. The van der Waals surface area contributed by atoms with Crippen molar-refractivity contribution in [3.8, 4) is 5.75 Å². The number of benzene rings is 2. The molecule has 0 aliphatic heterocycles. The minimum Gasteiger partial charge on any atom is -0.481 e. The summed E-state index contributed by atoms with van der Waals surface area (Å²) >= 11 is 12.1. The molecule has 0 saturated carbocycles. The standard InChI is InChI=1S/C17H17Cl2NO2/c1-10-6-4-9-15(11(10)2)22-12(3)17(21)20-16-13(18)7-5-8-14(16)19/h4-9,12H,1-3H3,(H,20,21)/t12-/m0/s1. The molecule has 0 heterocycles. The first kappa shape index (κ1) is 16.7. The summed E-state index contributed by atoms with van der Waals surface area (Å²) in [5.41, 5.74) is 2.52. The molecular formula is C17H17Cl2NO2. The lowest BCUT2D eigenvalue weighted by Gasteiger charge is -2.18. The second kappa shape index (κ2) is 7.03. The monoisotopic (exact) mass is 337 g/mol. The largest absolute Gasteiger partial charge is 0.481 e. The molecule has 2 aromatic rings. The van der Waals surface area contributed by atoms with Gasteiger partial charge < -0.3 is 10.1 Å². The van der Waals surface area contributed by atoms with Gasteiger partial charge in [-0.2, -0.15) is 0 Å². The molecule has 0 aliphatic carbocycles. The first-order chi connectivity index (χ1) is 10.4. The lowest BCUT2D eigenvalue weighted by Crippen LogP contribution is -2.30. The molecule has 1 N–H and O–H groups in total. The molecule has 0 aromatic heterocycles. The molecule has 3 nitrogen and oxygen atoms in total. The topological polar surface area (TPSA) is 38.3 Å². The Balaban J connectivity index is 2.11. The Hall–Kier alpha value is -1.71. The third-order valence-electron chi connectivity index (χ3n) is 3.44. The molecule has 2 rings (SSSR count). The summed E-state index contributed by atoms with van der Waals surface area (Å²) in [4.78, 5) is 12.3. The molecule has 116 valence electrons. The summed E-state index contributed by atoms with van der Waals surface area (Å²) in [7, 11) is 0. The molecule has 0 fully saturated rings. The number of aryl methyl sites for hydroxylation is 1. The van der Waals surface area contributed by atoms with Gasteiger partial charge in [0.1, 0.15) is 5.75 Å². The van der Waals surface area contributed by atoms with E-state index in [1.165, 1.54) is 0 Å². The van der Waals surface area contributed by atoms with Gasteiger partial charge >= 0.3 is 0 Å². The molecule has 0 spiro atoms. The number of carbonyl (C=O) groups excluding carboxylic acids is 1. The molecule has 0 unspecified atom stereocenters. The van der Waals surface area contributed by atoms with Gasteiger partial charge in [0.25, 0.3) is 5.91 Å². The van der Waals surface area contributed by atoms with E-state index in [1.54, 1.807) is 25.1 Å². The van der Waals surface area contributed by atoms with Gasteiger partial charge in [0, 0.05) is 0 Å². The van der Waals surface area contributed by atoms with Crippen molar-refractivity contribution in [1.82, 2.24) is 0 Å². The Labute approximate surface area is 140 Å². The number of nitrogens with one attached hydrogen (secondary N) is 1. The molecule has 0 radical (unpaired) electrons. The fourth-order valence-electron chi connectivity index (χ4n) is 1.94. The second-order valence-corrected chi connectivity index (χ2v) is 5.86. The van der Waals surface area contributed by atoms with Gasteiger partial charge in [-0.3, -0.25) is 4.79 Å². The van der Waals surface area contributed by atoms with E-state index in [-0.39, 0.29) is 5.91 Å². The van der Waals surface area contributed by atoms with Gasteiger partial charge in [0.15, 0.2) is 6.10 Å². The van der Waals surface area contributed by atoms with Crippen LogP contribution in [0.5, 0.6) is 5.75 Å². The van der Waals surface area contributed by atoms with Crippen molar-refractivity contribution in [3.63, 3.8) is 0 Å². The average Bonchev–Trinajstić information content (AvgIpc) is 2.47. The average molecular weight is 338 g/mol. The maximum atomic E-state index is 12.3. The zero-order valence-corrected chi connectivity index (χ0v) is 14.1. The SMILES string of the molecule is Cc1cccc(O[C@@H](C)C(=O)Nc2c(Cl)cccc2Cl)c1C. The van der Waals surface area contributed by atoms with E-state index in [4.69, 9.17) is 27.9 Å². The number of halogens is 2. The van der Waals surface area contributed by atoms with E-state index in [0.29, 0.717) is 21.5 Å². The number of amides is 1. The zero-order valence-electron chi connectivity index (χ0n) is 12.6. The minimum atomic E-state index is -0.673. The van der Waals surface area contributed by atoms with Crippen molar-refractivity contribution < 1.29 is 9.53 Å². The number of carbonyl (C=O) groups is 1. The highest BCUT2D eigenvalue weighted by Crippen LogP contribution is 2.30. The number of para-hydroxylation sites is 1. The van der Waals surface area contributed by atoms with Crippen LogP contribution in [0.25, 0.3) is 0 Å². The van der Waals surface area contributed by atoms with Crippen LogP contribution >= 0.6 is 23.2 Å². The number of anilines is 1. The Morgan fingerprint density at radius 3 is 2.32 bits per heavy atom. The van der Waals surface area contributed by atoms with Crippen molar-refractivity contribution in [3.05, 3.63) is 57.6 Å². The summed E-state index contributed by atoms with van der Waals surface area (Å²) in [6.45, 7) is 5.64. The highest BCUT2D eigenvalue weighted by molar-refractivity contribution is 6.39. The van der Waals surface area contributed by atoms with Crippen LogP contribution in [0.1, 0.15) is 18.1 Å². The highest BCUT2D eigenvalue weighted by atomic mass is 35.5. The summed E-state index contributed by atoms with van der Waals surface area (Å²) in [6, 6.07) is 10.8. The van der Waals surface area contributed by atoms with Crippen LogP contribution in [0.2, 0.25) is 10.0 Å². The fourth-order valence-corrected chi connectivity index (χ4v) is 2.43. The Morgan fingerprint density at radius 1 is 1.09 bits per heavy atom.